The molecule has 1 aromatic heterocycles. The molecule has 0 N–H and O–H groups in total. The van der Waals surface area contributed by atoms with Gasteiger partial charge >= 0.3 is 5.97 Å². The Morgan fingerprint density at radius 3 is 2.71 bits per heavy atom. The molecule has 2 heterocycles. The Balaban J connectivity index is 1.90. The second-order valence-corrected chi connectivity index (χ2v) is 7.47. The van der Waals surface area contributed by atoms with E-state index < -0.39 is 5.97 Å². The number of esters is 1. The molecule has 6 nitrogen and oxygen atoms in total. The molecule has 0 radical (unpaired) electrons. The lowest BCUT2D eigenvalue weighted by Crippen LogP contribution is -2.36. The first-order valence-electron chi connectivity index (χ1n) is 8.92. The lowest BCUT2D eigenvalue weighted by atomic mass is 10.0. The van der Waals surface area contributed by atoms with Gasteiger partial charge in [-0.3, -0.25) is 14.5 Å². The van der Waals surface area contributed by atoms with Gasteiger partial charge in [-0.15, -0.1) is 0 Å². The van der Waals surface area contributed by atoms with Crippen LogP contribution in [0.25, 0.3) is 17.4 Å². The summed E-state index contributed by atoms with van der Waals surface area (Å²) in [7, 11) is 1.34. The van der Waals surface area contributed by atoms with Crippen molar-refractivity contribution in [3.63, 3.8) is 0 Å². The van der Waals surface area contributed by atoms with Gasteiger partial charge in [-0.2, -0.15) is 0 Å². The molecule has 146 valence electrons. The van der Waals surface area contributed by atoms with Gasteiger partial charge in [0.05, 0.1) is 17.6 Å². The van der Waals surface area contributed by atoms with Gasteiger partial charge in [-0.05, 0) is 55.8 Å². The van der Waals surface area contributed by atoms with Crippen molar-refractivity contribution in [2.45, 2.75) is 33.2 Å². The minimum Gasteiger partial charge on any atom is -0.465 e. The third-order valence-electron chi connectivity index (χ3n) is 4.76. The first-order valence-corrected chi connectivity index (χ1v) is 9.74. The van der Waals surface area contributed by atoms with Crippen molar-refractivity contribution in [1.82, 2.24) is 4.90 Å². The molecule has 0 unspecified atom stereocenters. The third-order valence-corrected chi connectivity index (χ3v) is 5.64. The van der Waals surface area contributed by atoms with Crippen LogP contribution in [0.4, 0.5) is 4.79 Å². The van der Waals surface area contributed by atoms with Gasteiger partial charge in [-0.1, -0.05) is 19.1 Å². The summed E-state index contributed by atoms with van der Waals surface area (Å²) in [4.78, 5) is 38.2. The summed E-state index contributed by atoms with van der Waals surface area (Å²) in [5, 5.41) is -0.265. The summed E-state index contributed by atoms with van der Waals surface area (Å²) >= 11 is 0.915. The second-order valence-electron chi connectivity index (χ2n) is 6.48. The molecule has 0 saturated carbocycles. The molecular weight excluding hydrogens is 378 g/mol. The van der Waals surface area contributed by atoms with Crippen LogP contribution in [0.3, 0.4) is 0 Å². The quantitative estimate of drug-likeness (QED) is 0.527. The van der Waals surface area contributed by atoms with E-state index in [1.54, 1.807) is 30.3 Å². The van der Waals surface area contributed by atoms with Crippen molar-refractivity contribution >= 4 is 35.0 Å². The number of benzene rings is 1. The highest BCUT2D eigenvalue weighted by Gasteiger charge is 2.37. The van der Waals surface area contributed by atoms with E-state index in [2.05, 4.69) is 0 Å². The maximum Gasteiger partial charge on any atom is 0.338 e. The Kier molecular flexibility index (Phi) is 5.74. The van der Waals surface area contributed by atoms with Gasteiger partial charge in [0.1, 0.15) is 11.5 Å². The van der Waals surface area contributed by atoms with Gasteiger partial charge in [0, 0.05) is 17.7 Å². The number of amides is 2. The molecule has 2 amide bonds. The van der Waals surface area contributed by atoms with E-state index in [0.717, 1.165) is 22.9 Å². The number of nitrogens with zero attached hydrogens (tertiary/aromatic N) is 1. The standard InChI is InChI=1S/C21H21NO5S/c1-5-12(2)22-19(23)18(28-21(22)25)11-14-9-10-17(27-14)15-7-6-8-16(13(15)3)20(24)26-4/h6-12H,5H2,1-4H3/b18-11+/t12-/m1/s1. The van der Waals surface area contributed by atoms with E-state index in [1.165, 1.54) is 12.0 Å². The smallest absolute Gasteiger partial charge is 0.338 e. The predicted molar refractivity (Wildman–Crippen MR) is 108 cm³/mol. The van der Waals surface area contributed by atoms with Crippen molar-refractivity contribution in [3.05, 3.63) is 52.1 Å². The number of ether oxygens (including phenoxy) is 1. The number of furan rings is 1. The van der Waals surface area contributed by atoms with Crippen LogP contribution in [-0.2, 0) is 9.53 Å². The second kappa shape index (κ2) is 8.06. The minimum atomic E-state index is -0.412. The molecular formula is C21H21NO5S. The normalized spacial score (nSPS) is 16.7. The molecule has 1 atom stereocenters. The lowest BCUT2D eigenvalue weighted by Gasteiger charge is -2.19. The zero-order valence-electron chi connectivity index (χ0n) is 16.1. The molecule has 1 aliphatic rings. The number of imide groups is 1. The summed E-state index contributed by atoms with van der Waals surface area (Å²) in [6.07, 6.45) is 2.28. The molecule has 1 aromatic carbocycles. The fraction of sp³-hybridized carbons (Fsp3) is 0.286. The molecule has 0 aliphatic carbocycles. The Labute approximate surface area is 167 Å². The van der Waals surface area contributed by atoms with Crippen molar-refractivity contribution < 1.29 is 23.5 Å². The molecule has 28 heavy (non-hydrogen) atoms. The summed E-state index contributed by atoms with van der Waals surface area (Å²) in [6.45, 7) is 5.60. The van der Waals surface area contributed by atoms with Crippen LogP contribution >= 0.6 is 11.8 Å². The average molecular weight is 399 g/mol. The van der Waals surface area contributed by atoms with E-state index in [9.17, 15) is 14.4 Å². The molecule has 0 spiro atoms. The van der Waals surface area contributed by atoms with E-state index in [0.29, 0.717) is 28.4 Å². The van der Waals surface area contributed by atoms with Crippen LogP contribution in [-0.4, -0.2) is 35.2 Å². The third kappa shape index (κ3) is 3.62. The topological polar surface area (TPSA) is 76.8 Å². The largest absolute Gasteiger partial charge is 0.465 e. The number of methoxy groups -OCH3 is 1. The predicted octanol–water partition coefficient (Wildman–Crippen LogP) is 4.88. The number of carbonyl (C=O) groups is 3. The van der Waals surface area contributed by atoms with Crippen LogP contribution in [0.2, 0.25) is 0 Å². The lowest BCUT2D eigenvalue weighted by molar-refractivity contribution is -0.124. The highest BCUT2D eigenvalue weighted by molar-refractivity contribution is 8.18. The van der Waals surface area contributed by atoms with Crippen molar-refractivity contribution in [2.24, 2.45) is 0 Å². The van der Waals surface area contributed by atoms with E-state index >= 15 is 0 Å². The molecule has 1 aliphatic heterocycles. The Bertz CT molecular complexity index is 975. The first-order chi connectivity index (χ1) is 13.4. The Morgan fingerprint density at radius 1 is 1.29 bits per heavy atom. The van der Waals surface area contributed by atoms with Crippen LogP contribution in [0.15, 0.2) is 39.7 Å². The fourth-order valence-corrected chi connectivity index (χ4v) is 3.89. The van der Waals surface area contributed by atoms with Gasteiger partial charge in [0.25, 0.3) is 11.1 Å². The number of hydrogen-bond acceptors (Lipinski definition) is 6. The molecule has 3 rings (SSSR count). The Morgan fingerprint density at radius 2 is 2.04 bits per heavy atom. The molecule has 7 heteroatoms. The van der Waals surface area contributed by atoms with Gasteiger partial charge in [-0.25, -0.2) is 4.79 Å². The number of carbonyl (C=O) groups excluding carboxylic acids is 3. The fourth-order valence-electron chi connectivity index (χ4n) is 2.98. The average Bonchev–Trinajstić information content (AvgIpc) is 3.25. The van der Waals surface area contributed by atoms with Gasteiger partial charge in [0.15, 0.2) is 0 Å². The SMILES string of the molecule is CC[C@@H](C)N1C(=O)S/C(=C/c2ccc(-c3cccc(C(=O)OC)c3C)o2)C1=O. The zero-order valence-corrected chi connectivity index (χ0v) is 17.0. The first kappa shape index (κ1) is 19.9. The van der Waals surface area contributed by atoms with Crippen LogP contribution in [0.5, 0.6) is 0 Å². The Hall–Kier alpha value is -2.80. The summed E-state index contributed by atoms with van der Waals surface area (Å²) in [6, 6.07) is 8.66. The number of thioether (sulfide) groups is 1. The van der Waals surface area contributed by atoms with Gasteiger partial charge in [0.2, 0.25) is 0 Å². The molecule has 1 saturated heterocycles. The summed E-state index contributed by atoms with van der Waals surface area (Å²) in [5.41, 5.74) is 1.97. The molecule has 1 fully saturated rings. The zero-order chi connectivity index (χ0) is 20.4. The highest BCUT2D eigenvalue weighted by atomic mass is 32.2. The van der Waals surface area contributed by atoms with Gasteiger partial charge < -0.3 is 9.15 Å². The summed E-state index contributed by atoms with van der Waals surface area (Å²) in [5.74, 6) is 0.319. The number of hydrogen-bond donors (Lipinski definition) is 0. The monoisotopic (exact) mass is 399 g/mol. The molecule has 2 aromatic rings. The van der Waals surface area contributed by atoms with Crippen molar-refractivity contribution in [2.75, 3.05) is 7.11 Å². The highest BCUT2D eigenvalue weighted by Crippen LogP contribution is 2.35. The number of rotatable bonds is 5. The van der Waals surface area contributed by atoms with Crippen LogP contribution in [0, 0.1) is 6.92 Å². The van der Waals surface area contributed by atoms with E-state index in [4.69, 9.17) is 9.15 Å². The van der Waals surface area contributed by atoms with Crippen LogP contribution in [0.1, 0.15) is 41.9 Å². The maximum absolute atomic E-state index is 12.5. The minimum absolute atomic E-state index is 0.144. The van der Waals surface area contributed by atoms with Crippen molar-refractivity contribution in [3.8, 4) is 11.3 Å². The maximum atomic E-state index is 12.5. The summed E-state index contributed by atoms with van der Waals surface area (Å²) < 4.78 is 10.7. The van der Waals surface area contributed by atoms with E-state index in [1.807, 2.05) is 26.8 Å². The van der Waals surface area contributed by atoms with Crippen molar-refractivity contribution in [1.29, 1.82) is 0 Å². The molecule has 0 bridgehead atoms. The van der Waals surface area contributed by atoms with E-state index in [-0.39, 0.29) is 17.2 Å². The van der Waals surface area contributed by atoms with Crippen LogP contribution < -0.4 is 0 Å².